The molecule has 0 radical (unpaired) electrons. The number of piperidine rings is 1. The van der Waals surface area contributed by atoms with Crippen LogP contribution in [0.2, 0.25) is 0 Å². The molecule has 1 aromatic carbocycles. The Morgan fingerprint density at radius 1 is 1.41 bits per heavy atom. The second kappa shape index (κ2) is 9.08. The predicted molar refractivity (Wildman–Crippen MR) is 86.9 cm³/mol. The normalized spacial score (nSPS) is 15.5. The molecule has 2 N–H and O–H groups in total. The Bertz CT molecular complexity index is 491. The topological polar surface area (TPSA) is 55.6 Å². The smallest absolute Gasteiger partial charge is 0.256 e. The maximum atomic E-state index is 14.0. The van der Waals surface area contributed by atoms with Crippen LogP contribution in [0.1, 0.15) is 35.2 Å². The largest absolute Gasteiger partial charge is 0.378 e. The average molecular weight is 331 g/mol. The van der Waals surface area contributed by atoms with Crippen LogP contribution >= 0.6 is 12.4 Å². The summed E-state index contributed by atoms with van der Waals surface area (Å²) in [5.41, 5.74) is 6.09. The summed E-state index contributed by atoms with van der Waals surface area (Å²) in [5.74, 6) is -0.638. The number of rotatable bonds is 5. The molecule has 0 spiro atoms. The first-order chi connectivity index (χ1) is 10.1. The number of amides is 1. The second-order valence-electron chi connectivity index (χ2n) is 5.44. The minimum Gasteiger partial charge on any atom is -0.378 e. The van der Waals surface area contributed by atoms with E-state index >= 15 is 0 Å². The van der Waals surface area contributed by atoms with Gasteiger partial charge in [0.25, 0.3) is 5.91 Å². The lowest BCUT2D eigenvalue weighted by Gasteiger charge is -2.32. The van der Waals surface area contributed by atoms with Gasteiger partial charge in [0.15, 0.2) is 0 Å². The molecule has 124 valence electrons. The number of carbonyl (C=O) groups is 1. The van der Waals surface area contributed by atoms with Gasteiger partial charge in [0.1, 0.15) is 5.82 Å². The zero-order chi connectivity index (χ0) is 15.2. The van der Waals surface area contributed by atoms with Gasteiger partial charge in [-0.05, 0) is 44.4 Å². The number of carbonyl (C=O) groups excluding carboxylic acids is 1. The van der Waals surface area contributed by atoms with Gasteiger partial charge in [0.05, 0.1) is 11.7 Å². The van der Waals surface area contributed by atoms with Crippen molar-refractivity contribution >= 4 is 18.3 Å². The number of aryl methyl sites for hydroxylation is 1. The molecular weight excluding hydrogens is 307 g/mol. The van der Waals surface area contributed by atoms with Gasteiger partial charge in [0, 0.05) is 19.7 Å². The van der Waals surface area contributed by atoms with E-state index in [2.05, 4.69) is 0 Å². The van der Waals surface area contributed by atoms with Gasteiger partial charge in [-0.3, -0.25) is 4.79 Å². The van der Waals surface area contributed by atoms with Crippen LogP contribution in [0, 0.1) is 12.7 Å². The van der Waals surface area contributed by atoms with E-state index in [0.717, 1.165) is 19.3 Å². The summed E-state index contributed by atoms with van der Waals surface area (Å²) in [7, 11) is 0. The summed E-state index contributed by atoms with van der Waals surface area (Å²) in [4.78, 5) is 14.1. The van der Waals surface area contributed by atoms with Gasteiger partial charge < -0.3 is 15.4 Å². The third-order valence-corrected chi connectivity index (χ3v) is 3.85. The number of nitrogens with two attached hydrogens (primary N) is 1. The molecule has 2 rings (SSSR count). The van der Waals surface area contributed by atoms with Crippen molar-refractivity contribution in [3.8, 4) is 0 Å². The van der Waals surface area contributed by atoms with Gasteiger partial charge in [-0.1, -0.05) is 12.1 Å². The summed E-state index contributed by atoms with van der Waals surface area (Å²) < 4.78 is 19.7. The molecule has 1 fully saturated rings. The van der Waals surface area contributed by atoms with Crippen LogP contribution in [0.3, 0.4) is 0 Å². The van der Waals surface area contributed by atoms with Crippen LogP contribution in [0.5, 0.6) is 0 Å². The highest BCUT2D eigenvalue weighted by Gasteiger charge is 2.25. The van der Waals surface area contributed by atoms with Crippen LogP contribution in [0.15, 0.2) is 18.2 Å². The fourth-order valence-electron chi connectivity index (χ4n) is 2.54. The Morgan fingerprint density at radius 3 is 2.73 bits per heavy atom. The van der Waals surface area contributed by atoms with Crippen LogP contribution in [0.25, 0.3) is 0 Å². The van der Waals surface area contributed by atoms with E-state index in [1.54, 1.807) is 30.0 Å². The number of likely N-dealkylation sites (tertiary alicyclic amines) is 1. The number of ether oxygens (including phenoxy) is 1. The third kappa shape index (κ3) is 4.66. The summed E-state index contributed by atoms with van der Waals surface area (Å²) in [6.45, 7) is 4.19. The molecule has 1 saturated heterocycles. The van der Waals surface area contributed by atoms with Crippen molar-refractivity contribution in [3.05, 3.63) is 35.1 Å². The van der Waals surface area contributed by atoms with Crippen molar-refractivity contribution in [3.63, 3.8) is 0 Å². The Labute approximate surface area is 137 Å². The number of nitrogens with zero attached hydrogens (tertiary/aromatic N) is 1. The highest BCUT2D eigenvalue weighted by Crippen LogP contribution is 2.19. The first-order valence-corrected chi connectivity index (χ1v) is 7.49. The monoisotopic (exact) mass is 330 g/mol. The number of hydrogen-bond acceptors (Lipinski definition) is 3. The average Bonchev–Trinajstić information content (AvgIpc) is 2.50. The van der Waals surface area contributed by atoms with Gasteiger partial charge in [0.2, 0.25) is 0 Å². The molecule has 22 heavy (non-hydrogen) atoms. The van der Waals surface area contributed by atoms with Crippen molar-refractivity contribution in [1.29, 1.82) is 0 Å². The van der Waals surface area contributed by atoms with Crippen molar-refractivity contribution in [2.75, 3.05) is 26.2 Å². The fraction of sp³-hybridized carbons (Fsp3) is 0.562. The first kappa shape index (κ1) is 18.9. The lowest BCUT2D eigenvalue weighted by atomic mass is 10.0. The predicted octanol–water partition coefficient (Wildman–Crippen LogP) is 2.53. The Morgan fingerprint density at radius 2 is 2.09 bits per heavy atom. The van der Waals surface area contributed by atoms with Crippen LogP contribution in [0.4, 0.5) is 4.39 Å². The number of benzene rings is 1. The molecule has 1 aliphatic rings. The van der Waals surface area contributed by atoms with Gasteiger partial charge in [-0.15, -0.1) is 12.4 Å². The molecule has 1 aliphatic heterocycles. The van der Waals surface area contributed by atoms with Crippen molar-refractivity contribution in [2.24, 2.45) is 5.73 Å². The quantitative estimate of drug-likeness (QED) is 0.844. The van der Waals surface area contributed by atoms with Crippen molar-refractivity contribution < 1.29 is 13.9 Å². The zero-order valence-electron chi connectivity index (χ0n) is 12.9. The number of hydrogen-bond donors (Lipinski definition) is 1. The van der Waals surface area contributed by atoms with Crippen LogP contribution in [-0.2, 0) is 4.74 Å². The van der Waals surface area contributed by atoms with E-state index in [0.29, 0.717) is 31.8 Å². The summed E-state index contributed by atoms with van der Waals surface area (Å²) >= 11 is 0. The minimum atomic E-state index is -0.413. The summed E-state index contributed by atoms with van der Waals surface area (Å²) in [6, 6.07) is 4.94. The minimum absolute atomic E-state index is 0. The molecule has 0 bridgehead atoms. The molecule has 1 heterocycles. The van der Waals surface area contributed by atoms with Gasteiger partial charge in [-0.25, -0.2) is 4.39 Å². The maximum Gasteiger partial charge on any atom is 0.256 e. The maximum absolute atomic E-state index is 14.0. The lowest BCUT2D eigenvalue weighted by Crippen LogP contribution is -2.41. The van der Waals surface area contributed by atoms with E-state index in [9.17, 15) is 9.18 Å². The van der Waals surface area contributed by atoms with Crippen LogP contribution in [-0.4, -0.2) is 43.2 Å². The highest BCUT2D eigenvalue weighted by atomic mass is 35.5. The molecule has 0 saturated carbocycles. The molecule has 0 unspecified atom stereocenters. The fourth-order valence-corrected chi connectivity index (χ4v) is 2.54. The SMILES string of the molecule is Cc1cccc(C(=O)N2CCC(OCCCN)CC2)c1F.Cl. The molecule has 4 nitrogen and oxygen atoms in total. The molecule has 0 aromatic heterocycles. The third-order valence-electron chi connectivity index (χ3n) is 3.85. The summed E-state index contributed by atoms with van der Waals surface area (Å²) in [6.07, 6.45) is 2.63. The van der Waals surface area contributed by atoms with E-state index < -0.39 is 5.82 Å². The zero-order valence-corrected chi connectivity index (χ0v) is 13.7. The molecule has 0 atom stereocenters. The Hall–Kier alpha value is -1.17. The van der Waals surface area contributed by atoms with Crippen molar-refractivity contribution in [1.82, 2.24) is 4.90 Å². The van der Waals surface area contributed by atoms with Gasteiger partial charge >= 0.3 is 0 Å². The second-order valence-corrected chi connectivity index (χ2v) is 5.44. The van der Waals surface area contributed by atoms with Crippen molar-refractivity contribution in [2.45, 2.75) is 32.3 Å². The molecule has 0 aliphatic carbocycles. The van der Waals surface area contributed by atoms with Crippen LogP contribution < -0.4 is 5.73 Å². The van der Waals surface area contributed by atoms with E-state index in [1.165, 1.54) is 0 Å². The standard InChI is InChI=1S/C16H23FN2O2.ClH/c1-12-4-2-5-14(15(12)17)16(20)19-9-6-13(7-10-19)21-11-3-8-18;/h2,4-5,13H,3,6-11,18H2,1H3;1H. The first-order valence-electron chi connectivity index (χ1n) is 7.49. The van der Waals surface area contributed by atoms with E-state index in [-0.39, 0.29) is 30.0 Å². The Balaban J connectivity index is 0.00000242. The highest BCUT2D eigenvalue weighted by molar-refractivity contribution is 5.94. The Kier molecular flexibility index (Phi) is 7.79. The number of halogens is 2. The van der Waals surface area contributed by atoms with E-state index in [4.69, 9.17) is 10.5 Å². The molecule has 1 amide bonds. The lowest BCUT2D eigenvalue weighted by molar-refractivity contribution is 0.00833. The summed E-state index contributed by atoms with van der Waals surface area (Å²) in [5, 5.41) is 0. The van der Waals surface area contributed by atoms with Gasteiger partial charge in [-0.2, -0.15) is 0 Å². The molecule has 6 heteroatoms. The molecule has 1 aromatic rings. The van der Waals surface area contributed by atoms with E-state index in [1.807, 2.05) is 0 Å². The molecular formula is C16H24ClFN2O2.